The Morgan fingerprint density at radius 2 is 2.17 bits per heavy atom. The van der Waals surface area contributed by atoms with Crippen LogP contribution in [-0.2, 0) is 0 Å². The van der Waals surface area contributed by atoms with Gasteiger partial charge < -0.3 is 5.73 Å². The SMILES string of the molecule is N#CC#Cc1ccc(Cl)c(N)c1. The summed E-state index contributed by atoms with van der Waals surface area (Å²) in [5.41, 5.74) is 6.68. The number of nitrogen functional groups attached to an aromatic ring is 1. The highest BCUT2D eigenvalue weighted by atomic mass is 35.5. The fraction of sp³-hybridized carbons (Fsp3) is 0. The molecule has 1 aromatic carbocycles. The molecule has 0 fully saturated rings. The van der Waals surface area contributed by atoms with E-state index in [9.17, 15) is 0 Å². The fourth-order valence-corrected chi connectivity index (χ4v) is 0.839. The van der Waals surface area contributed by atoms with Gasteiger partial charge in [-0.25, -0.2) is 0 Å². The molecule has 0 aromatic heterocycles. The second-order valence-electron chi connectivity index (χ2n) is 2.10. The second kappa shape index (κ2) is 3.67. The monoisotopic (exact) mass is 176 g/mol. The van der Waals surface area contributed by atoms with Gasteiger partial charge in [-0.1, -0.05) is 17.5 Å². The van der Waals surface area contributed by atoms with E-state index in [0.717, 1.165) is 0 Å². The van der Waals surface area contributed by atoms with Crippen LogP contribution in [0, 0.1) is 23.2 Å². The molecule has 0 unspecified atom stereocenters. The minimum Gasteiger partial charge on any atom is -0.397 e. The number of nitrogens with two attached hydrogens (primary N) is 1. The van der Waals surface area contributed by atoms with Gasteiger partial charge in [0.1, 0.15) is 0 Å². The van der Waals surface area contributed by atoms with E-state index in [0.29, 0.717) is 16.3 Å². The minimum absolute atomic E-state index is 0.474. The van der Waals surface area contributed by atoms with Crippen LogP contribution in [0.4, 0.5) is 5.69 Å². The highest BCUT2D eigenvalue weighted by Gasteiger charge is 1.94. The van der Waals surface area contributed by atoms with Crippen LogP contribution in [0.5, 0.6) is 0 Å². The average Bonchev–Trinajstić information content (AvgIpc) is 2.07. The highest BCUT2D eigenvalue weighted by molar-refractivity contribution is 6.33. The number of hydrogen-bond donors (Lipinski definition) is 1. The summed E-state index contributed by atoms with van der Waals surface area (Å²) >= 11 is 5.68. The molecular formula is C9H5ClN2. The van der Waals surface area contributed by atoms with Gasteiger partial charge in [0, 0.05) is 11.5 Å². The van der Waals surface area contributed by atoms with E-state index in [4.69, 9.17) is 22.6 Å². The summed E-state index contributed by atoms with van der Waals surface area (Å²) in [6.45, 7) is 0. The molecule has 0 aliphatic carbocycles. The molecule has 0 heterocycles. The van der Waals surface area contributed by atoms with Crippen LogP contribution >= 0.6 is 11.6 Å². The molecule has 0 saturated heterocycles. The first-order chi connectivity index (χ1) is 5.74. The van der Waals surface area contributed by atoms with Crippen molar-refractivity contribution in [3.8, 4) is 17.9 Å². The summed E-state index contributed by atoms with van der Waals surface area (Å²) in [6.07, 6.45) is 0. The lowest BCUT2D eigenvalue weighted by atomic mass is 10.2. The normalized spacial score (nSPS) is 8.00. The summed E-state index contributed by atoms with van der Waals surface area (Å²) in [4.78, 5) is 0. The predicted octanol–water partition coefficient (Wildman–Crippen LogP) is 1.80. The van der Waals surface area contributed by atoms with Crippen molar-refractivity contribution < 1.29 is 0 Å². The number of halogens is 1. The van der Waals surface area contributed by atoms with Crippen molar-refractivity contribution >= 4 is 17.3 Å². The van der Waals surface area contributed by atoms with Crippen LogP contribution < -0.4 is 5.73 Å². The van der Waals surface area contributed by atoms with Crippen LogP contribution in [0.15, 0.2) is 18.2 Å². The number of nitriles is 1. The fourth-order valence-electron chi connectivity index (χ4n) is 0.722. The summed E-state index contributed by atoms with van der Waals surface area (Å²) < 4.78 is 0. The Labute approximate surface area is 75.6 Å². The molecule has 0 aliphatic rings. The van der Waals surface area contributed by atoms with E-state index in [2.05, 4.69) is 11.8 Å². The standard InChI is InChI=1S/C9H5ClN2/c10-8-4-3-7(2-1-5-11)6-9(8)12/h3-4,6H,12H2. The molecule has 2 nitrogen and oxygen atoms in total. The van der Waals surface area contributed by atoms with Gasteiger partial charge >= 0.3 is 0 Å². The second-order valence-corrected chi connectivity index (χ2v) is 2.51. The van der Waals surface area contributed by atoms with Crippen LogP contribution in [0.1, 0.15) is 5.56 Å². The Morgan fingerprint density at radius 1 is 1.42 bits per heavy atom. The van der Waals surface area contributed by atoms with Crippen molar-refractivity contribution in [2.24, 2.45) is 0 Å². The van der Waals surface area contributed by atoms with Crippen LogP contribution in [0.25, 0.3) is 0 Å². The summed E-state index contributed by atoms with van der Waals surface area (Å²) in [7, 11) is 0. The highest BCUT2D eigenvalue weighted by Crippen LogP contribution is 2.18. The van der Waals surface area contributed by atoms with E-state index in [-0.39, 0.29) is 0 Å². The van der Waals surface area contributed by atoms with Gasteiger partial charge in [-0.2, -0.15) is 5.26 Å². The number of nitrogens with zero attached hydrogens (tertiary/aromatic N) is 1. The molecule has 0 amide bonds. The maximum Gasteiger partial charge on any atom is 0.152 e. The van der Waals surface area contributed by atoms with Gasteiger partial charge in [-0.15, -0.1) is 0 Å². The molecule has 0 atom stereocenters. The Bertz CT molecular complexity index is 393. The topological polar surface area (TPSA) is 49.8 Å². The van der Waals surface area contributed by atoms with Crippen LogP contribution in [0.3, 0.4) is 0 Å². The summed E-state index contributed by atoms with van der Waals surface area (Å²) in [6, 6.07) is 6.71. The Hall–Kier alpha value is -1.64. The third kappa shape index (κ3) is 1.92. The average molecular weight is 177 g/mol. The van der Waals surface area contributed by atoms with Crippen molar-refractivity contribution in [2.75, 3.05) is 5.73 Å². The van der Waals surface area contributed by atoms with Gasteiger partial charge in [0.25, 0.3) is 0 Å². The first kappa shape index (κ1) is 8.46. The van der Waals surface area contributed by atoms with Crippen molar-refractivity contribution in [3.63, 3.8) is 0 Å². The van der Waals surface area contributed by atoms with Gasteiger partial charge in [-0.3, -0.25) is 0 Å². The molecule has 1 aromatic rings. The van der Waals surface area contributed by atoms with Crippen molar-refractivity contribution in [1.82, 2.24) is 0 Å². The lowest BCUT2D eigenvalue weighted by Gasteiger charge is -1.96. The zero-order chi connectivity index (χ0) is 8.97. The molecule has 12 heavy (non-hydrogen) atoms. The van der Waals surface area contributed by atoms with Crippen molar-refractivity contribution in [1.29, 1.82) is 5.26 Å². The first-order valence-corrected chi connectivity index (χ1v) is 3.57. The molecule has 0 saturated carbocycles. The van der Waals surface area contributed by atoms with Crippen LogP contribution in [0.2, 0.25) is 5.02 Å². The summed E-state index contributed by atoms with van der Waals surface area (Å²) in [5.74, 6) is 4.88. The van der Waals surface area contributed by atoms with Crippen LogP contribution in [-0.4, -0.2) is 0 Å². The number of benzene rings is 1. The summed E-state index contributed by atoms with van der Waals surface area (Å²) in [5, 5.41) is 8.67. The maximum absolute atomic E-state index is 8.17. The van der Waals surface area contributed by atoms with Gasteiger partial charge in [-0.05, 0) is 18.2 Å². The maximum atomic E-state index is 8.17. The minimum atomic E-state index is 0.474. The number of anilines is 1. The van der Waals surface area contributed by atoms with Crippen molar-refractivity contribution in [2.45, 2.75) is 0 Å². The predicted molar refractivity (Wildman–Crippen MR) is 48.4 cm³/mol. The van der Waals surface area contributed by atoms with E-state index >= 15 is 0 Å². The van der Waals surface area contributed by atoms with E-state index in [1.807, 2.05) is 0 Å². The zero-order valence-corrected chi connectivity index (χ0v) is 6.89. The molecule has 0 aliphatic heterocycles. The van der Waals surface area contributed by atoms with Gasteiger partial charge in [0.05, 0.1) is 10.7 Å². The number of hydrogen-bond acceptors (Lipinski definition) is 2. The van der Waals surface area contributed by atoms with Gasteiger partial charge in [0.2, 0.25) is 0 Å². The van der Waals surface area contributed by atoms with E-state index < -0.39 is 0 Å². The lowest BCUT2D eigenvalue weighted by Crippen LogP contribution is -1.86. The molecule has 2 N–H and O–H groups in total. The first-order valence-electron chi connectivity index (χ1n) is 3.19. The number of rotatable bonds is 0. The third-order valence-corrected chi connectivity index (χ3v) is 1.60. The molecule has 58 valence electrons. The molecule has 1 rings (SSSR count). The third-order valence-electron chi connectivity index (χ3n) is 1.26. The molecule has 0 spiro atoms. The lowest BCUT2D eigenvalue weighted by molar-refractivity contribution is 1.55. The van der Waals surface area contributed by atoms with Crippen molar-refractivity contribution in [3.05, 3.63) is 28.8 Å². The van der Waals surface area contributed by atoms with E-state index in [1.165, 1.54) is 0 Å². The zero-order valence-electron chi connectivity index (χ0n) is 6.13. The smallest absolute Gasteiger partial charge is 0.152 e. The van der Waals surface area contributed by atoms with Gasteiger partial charge in [0.15, 0.2) is 6.07 Å². The Morgan fingerprint density at radius 3 is 2.75 bits per heavy atom. The Kier molecular flexibility index (Phi) is 2.58. The van der Waals surface area contributed by atoms with E-state index in [1.54, 1.807) is 24.3 Å². The quantitative estimate of drug-likeness (QED) is 0.484. The Balaban J connectivity index is 3.07. The molecule has 0 radical (unpaired) electrons. The molecular weight excluding hydrogens is 172 g/mol. The molecule has 3 heteroatoms. The largest absolute Gasteiger partial charge is 0.397 e. The molecule has 0 bridgehead atoms.